The minimum absolute atomic E-state index is 0.0847. The van der Waals surface area contributed by atoms with E-state index in [0.29, 0.717) is 11.3 Å². The maximum atomic E-state index is 11.7. The van der Waals surface area contributed by atoms with E-state index in [-0.39, 0.29) is 12.4 Å². The van der Waals surface area contributed by atoms with Crippen molar-refractivity contribution in [2.45, 2.75) is 6.61 Å². The number of amides is 1. The standard InChI is InChI=1S/C12H10N2O5/c15-7-8-1-3-9(4-2-8)13-12(16)10-5-6-11(19-10)14(17)18/h1-6,15H,7H2,(H,13,16). The zero-order valence-corrected chi connectivity index (χ0v) is 9.70. The largest absolute Gasteiger partial charge is 0.433 e. The normalized spacial score (nSPS) is 10.2. The molecule has 2 N–H and O–H groups in total. The predicted octanol–water partition coefficient (Wildman–Crippen LogP) is 1.93. The minimum atomic E-state index is -0.715. The summed E-state index contributed by atoms with van der Waals surface area (Å²) in [6.45, 7) is -0.0847. The van der Waals surface area contributed by atoms with Crippen molar-refractivity contribution in [1.29, 1.82) is 0 Å². The number of benzene rings is 1. The van der Waals surface area contributed by atoms with Crippen LogP contribution in [-0.2, 0) is 6.61 Å². The summed E-state index contributed by atoms with van der Waals surface area (Å²) < 4.78 is 4.77. The van der Waals surface area contributed by atoms with Crippen LogP contribution in [0.15, 0.2) is 40.8 Å². The number of aliphatic hydroxyl groups is 1. The van der Waals surface area contributed by atoms with Crippen molar-refractivity contribution in [1.82, 2.24) is 0 Å². The number of carbonyl (C=O) groups excluding carboxylic acids is 1. The number of nitrogens with one attached hydrogen (secondary N) is 1. The Morgan fingerprint density at radius 3 is 2.47 bits per heavy atom. The van der Waals surface area contributed by atoms with E-state index in [0.717, 1.165) is 6.07 Å². The Morgan fingerprint density at radius 1 is 1.26 bits per heavy atom. The average Bonchev–Trinajstić information content (AvgIpc) is 2.89. The van der Waals surface area contributed by atoms with Crippen LogP contribution < -0.4 is 5.32 Å². The zero-order chi connectivity index (χ0) is 13.8. The Kier molecular flexibility index (Phi) is 3.58. The van der Waals surface area contributed by atoms with Crippen LogP contribution in [0.3, 0.4) is 0 Å². The number of rotatable bonds is 4. The van der Waals surface area contributed by atoms with Crippen LogP contribution in [-0.4, -0.2) is 15.9 Å². The summed E-state index contributed by atoms with van der Waals surface area (Å²) in [6.07, 6.45) is 0. The lowest BCUT2D eigenvalue weighted by molar-refractivity contribution is -0.402. The summed E-state index contributed by atoms with van der Waals surface area (Å²) >= 11 is 0. The third-order valence-corrected chi connectivity index (χ3v) is 2.39. The van der Waals surface area contributed by atoms with Gasteiger partial charge < -0.3 is 14.8 Å². The number of hydrogen-bond donors (Lipinski definition) is 2. The van der Waals surface area contributed by atoms with Gasteiger partial charge in [0.25, 0.3) is 5.91 Å². The van der Waals surface area contributed by atoms with Crippen LogP contribution in [0.25, 0.3) is 0 Å². The van der Waals surface area contributed by atoms with E-state index < -0.39 is 16.7 Å². The van der Waals surface area contributed by atoms with Crippen molar-refractivity contribution in [3.8, 4) is 0 Å². The van der Waals surface area contributed by atoms with Gasteiger partial charge in [0.2, 0.25) is 0 Å². The number of anilines is 1. The lowest BCUT2D eigenvalue weighted by Crippen LogP contribution is -2.10. The van der Waals surface area contributed by atoms with Gasteiger partial charge in [-0.1, -0.05) is 12.1 Å². The van der Waals surface area contributed by atoms with Crippen LogP contribution >= 0.6 is 0 Å². The summed E-state index contributed by atoms with van der Waals surface area (Å²) in [7, 11) is 0. The number of furan rings is 1. The summed E-state index contributed by atoms with van der Waals surface area (Å²) in [5.41, 5.74) is 1.22. The third-order valence-electron chi connectivity index (χ3n) is 2.39. The first-order valence-corrected chi connectivity index (χ1v) is 5.35. The SMILES string of the molecule is O=C(Nc1ccc(CO)cc1)c1ccc([N+](=O)[O-])o1. The van der Waals surface area contributed by atoms with Crippen molar-refractivity contribution in [2.24, 2.45) is 0 Å². The molecule has 1 aromatic heterocycles. The van der Waals surface area contributed by atoms with Crippen molar-refractivity contribution in [3.63, 3.8) is 0 Å². The van der Waals surface area contributed by atoms with E-state index in [1.165, 1.54) is 6.07 Å². The zero-order valence-electron chi connectivity index (χ0n) is 9.70. The molecule has 0 radical (unpaired) electrons. The highest BCUT2D eigenvalue weighted by Crippen LogP contribution is 2.17. The fourth-order valence-corrected chi connectivity index (χ4v) is 1.43. The van der Waals surface area contributed by atoms with Crippen LogP contribution in [0.1, 0.15) is 16.1 Å². The molecule has 7 nitrogen and oxygen atoms in total. The molecular weight excluding hydrogens is 252 g/mol. The Balaban J connectivity index is 2.08. The lowest BCUT2D eigenvalue weighted by atomic mass is 10.2. The molecule has 1 heterocycles. The smallest absolute Gasteiger partial charge is 0.395 e. The van der Waals surface area contributed by atoms with Gasteiger partial charge in [0.15, 0.2) is 5.76 Å². The summed E-state index contributed by atoms with van der Waals surface area (Å²) in [4.78, 5) is 21.4. The number of carbonyl (C=O) groups is 1. The van der Waals surface area contributed by atoms with Gasteiger partial charge in [-0.3, -0.25) is 14.9 Å². The third kappa shape index (κ3) is 2.96. The molecule has 0 aliphatic carbocycles. The maximum absolute atomic E-state index is 11.7. The molecule has 0 fully saturated rings. The lowest BCUT2D eigenvalue weighted by Gasteiger charge is -2.03. The van der Waals surface area contributed by atoms with E-state index >= 15 is 0 Å². The van der Waals surface area contributed by atoms with E-state index in [2.05, 4.69) is 5.32 Å². The molecular formula is C12H10N2O5. The molecule has 0 atom stereocenters. The molecule has 0 aliphatic rings. The minimum Gasteiger partial charge on any atom is -0.395 e. The summed E-state index contributed by atoms with van der Waals surface area (Å²) in [6, 6.07) is 8.88. The van der Waals surface area contributed by atoms with Gasteiger partial charge in [0.05, 0.1) is 12.7 Å². The van der Waals surface area contributed by atoms with Gasteiger partial charge in [-0.15, -0.1) is 0 Å². The monoisotopic (exact) mass is 262 g/mol. The Morgan fingerprint density at radius 2 is 1.95 bits per heavy atom. The highest BCUT2D eigenvalue weighted by Gasteiger charge is 2.17. The molecule has 98 valence electrons. The first-order valence-electron chi connectivity index (χ1n) is 5.35. The quantitative estimate of drug-likeness (QED) is 0.646. The van der Waals surface area contributed by atoms with Gasteiger partial charge in [0, 0.05) is 5.69 Å². The first-order chi connectivity index (χ1) is 9.10. The van der Waals surface area contributed by atoms with E-state index in [9.17, 15) is 14.9 Å². The number of hydrogen-bond acceptors (Lipinski definition) is 5. The highest BCUT2D eigenvalue weighted by atomic mass is 16.6. The summed E-state index contributed by atoms with van der Waals surface area (Å²) in [5.74, 6) is -1.21. The van der Waals surface area contributed by atoms with Crippen molar-refractivity contribution in [3.05, 3.63) is 57.8 Å². The molecule has 0 saturated carbocycles. The number of nitro groups is 1. The van der Waals surface area contributed by atoms with Gasteiger partial charge in [-0.05, 0) is 23.8 Å². The van der Waals surface area contributed by atoms with Gasteiger partial charge in [0.1, 0.15) is 4.92 Å². The molecule has 2 rings (SSSR count). The van der Waals surface area contributed by atoms with Crippen LogP contribution in [0.4, 0.5) is 11.6 Å². The molecule has 0 unspecified atom stereocenters. The van der Waals surface area contributed by atoms with Crippen molar-refractivity contribution in [2.75, 3.05) is 5.32 Å². The molecule has 7 heteroatoms. The molecule has 0 aliphatic heterocycles. The fraction of sp³-hybridized carbons (Fsp3) is 0.0833. The van der Waals surface area contributed by atoms with E-state index in [4.69, 9.17) is 9.52 Å². The number of nitrogens with zero attached hydrogens (tertiary/aromatic N) is 1. The van der Waals surface area contributed by atoms with Crippen molar-refractivity contribution >= 4 is 17.5 Å². The van der Waals surface area contributed by atoms with Crippen LogP contribution in [0, 0.1) is 10.1 Å². The Hall–Kier alpha value is -2.67. The second kappa shape index (κ2) is 5.32. The molecule has 2 aromatic rings. The van der Waals surface area contributed by atoms with Crippen molar-refractivity contribution < 1.29 is 19.2 Å². The van der Waals surface area contributed by atoms with Crippen LogP contribution in [0.5, 0.6) is 0 Å². The topological polar surface area (TPSA) is 106 Å². The Bertz CT molecular complexity index is 603. The fourth-order valence-electron chi connectivity index (χ4n) is 1.43. The second-order valence-corrected chi connectivity index (χ2v) is 3.70. The molecule has 0 bridgehead atoms. The van der Waals surface area contributed by atoms with Gasteiger partial charge >= 0.3 is 5.88 Å². The first kappa shape index (κ1) is 12.8. The summed E-state index contributed by atoms with van der Waals surface area (Å²) in [5, 5.41) is 21.8. The van der Waals surface area contributed by atoms with E-state index in [1.54, 1.807) is 24.3 Å². The number of aliphatic hydroxyl groups excluding tert-OH is 1. The van der Waals surface area contributed by atoms with Gasteiger partial charge in [-0.25, -0.2) is 0 Å². The Labute approximate surface area is 107 Å². The average molecular weight is 262 g/mol. The molecule has 0 spiro atoms. The predicted molar refractivity (Wildman–Crippen MR) is 65.7 cm³/mol. The molecule has 1 amide bonds. The van der Waals surface area contributed by atoms with E-state index in [1.807, 2.05) is 0 Å². The highest BCUT2D eigenvalue weighted by molar-refractivity contribution is 6.02. The maximum Gasteiger partial charge on any atom is 0.433 e. The second-order valence-electron chi connectivity index (χ2n) is 3.70. The molecule has 0 saturated heterocycles. The molecule has 1 aromatic carbocycles. The molecule has 19 heavy (non-hydrogen) atoms. The van der Waals surface area contributed by atoms with Gasteiger partial charge in [-0.2, -0.15) is 0 Å². The van der Waals surface area contributed by atoms with Crippen LogP contribution in [0.2, 0.25) is 0 Å².